The van der Waals surface area contributed by atoms with Crippen molar-refractivity contribution >= 4 is 10.0 Å². The van der Waals surface area contributed by atoms with E-state index in [2.05, 4.69) is 10.0 Å². The van der Waals surface area contributed by atoms with Gasteiger partial charge in [0.2, 0.25) is 10.0 Å². The van der Waals surface area contributed by atoms with Crippen LogP contribution in [0.25, 0.3) is 11.3 Å². The highest BCUT2D eigenvalue weighted by Crippen LogP contribution is 2.23. The smallest absolute Gasteiger partial charge is 0.240 e. The highest BCUT2D eigenvalue weighted by atomic mass is 32.2. The zero-order valence-corrected chi connectivity index (χ0v) is 17.2. The molecule has 8 heteroatoms. The number of hydrogen-bond donors (Lipinski definition) is 2. The van der Waals surface area contributed by atoms with Gasteiger partial charge in [-0.2, -0.15) is 0 Å². The molecule has 0 spiro atoms. The van der Waals surface area contributed by atoms with Gasteiger partial charge in [0.1, 0.15) is 29.6 Å². The van der Waals surface area contributed by atoms with E-state index in [1.165, 1.54) is 7.05 Å². The number of furan rings is 1. The number of methoxy groups -OCH3 is 1. The van der Waals surface area contributed by atoms with Crippen molar-refractivity contribution < 1.29 is 22.3 Å². The fraction of sp³-hybridized carbons (Fsp3) is 0.238. The molecule has 3 aromatic rings. The van der Waals surface area contributed by atoms with E-state index in [1.54, 1.807) is 31.4 Å². The molecule has 3 rings (SSSR count). The Morgan fingerprint density at radius 3 is 2.28 bits per heavy atom. The summed E-state index contributed by atoms with van der Waals surface area (Å²) in [7, 11) is -0.428. The highest BCUT2D eigenvalue weighted by molar-refractivity contribution is 7.89. The Bertz CT molecular complexity index is 1010. The lowest BCUT2D eigenvalue weighted by Crippen LogP contribution is -2.20. The fourth-order valence-electron chi connectivity index (χ4n) is 2.67. The van der Waals surface area contributed by atoms with E-state index in [9.17, 15) is 8.42 Å². The largest absolute Gasteiger partial charge is 0.497 e. The minimum absolute atomic E-state index is 0.217. The number of hydrogen-bond acceptors (Lipinski definition) is 6. The normalized spacial score (nSPS) is 11.4. The van der Waals surface area contributed by atoms with E-state index in [-0.39, 0.29) is 4.90 Å². The Morgan fingerprint density at radius 1 is 0.931 bits per heavy atom. The molecule has 0 aliphatic carbocycles. The molecule has 0 fully saturated rings. The summed E-state index contributed by atoms with van der Waals surface area (Å²) in [5.41, 5.74) is 0.814. The summed E-state index contributed by atoms with van der Waals surface area (Å²) in [4.78, 5) is 0.217. The predicted molar refractivity (Wildman–Crippen MR) is 111 cm³/mol. The van der Waals surface area contributed by atoms with Crippen LogP contribution in [0.15, 0.2) is 70.0 Å². The van der Waals surface area contributed by atoms with Crippen LogP contribution in [0.2, 0.25) is 0 Å². The summed E-state index contributed by atoms with van der Waals surface area (Å²) >= 11 is 0. The Kier molecular flexibility index (Phi) is 6.92. The molecule has 2 aromatic carbocycles. The first-order chi connectivity index (χ1) is 14.0. The van der Waals surface area contributed by atoms with Crippen molar-refractivity contribution in [2.24, 2.45) is 0 Å². The average molecular weight is 416 g/mol. The van der Waals surface area contributed by atoms with Gasteiger partial charge >= 0.3 is 0 Å². The van der Waals surface area contributed by atoms with Crippen LogP contribution in [0, 0.1) is 0 Å². The van der Waals surface area contributed by atoms with Crippen LogP contribution in [0.1, 0.15) is 5.76 Å². The first kappa shape index (κ1) is 20.9. The molecular weight excluding hydrogens is 392 g/mol. The molecule has 0 atom stereocenters. The fourth-order valence-corrected chi connectivity index (χ4v) is 3.40. The molecule has 7 nitrogen and oxygen atoms in total. The maximum absolute atomic E-state index is 11.8. The predicted octanol–water partition coefficient (Wildman–Crippen LogP) is 3.03. The van der Waals surface area contributed by atoms with E-state index in [4.69, 9.17) is 13.9 Å². The monoisotopic (exact) mass is 416 g/mol. The van der Waals surface area contributed by atoms with Crippen molar-refractivity contribution in [1.82, 2.24) is 10.0 Å². The van der Waals surface area contributed by atoms with Crippen LogP contribution in [0.4, 0.5) is 0 Å². The molecule has 0 unspecified atom stereocenters. The molecule has 1 heterocycles. The zero-order chi connectivity index (χ0) is 20.7. The lowest BCUT2D eigenvalue weighted by molar-refractivity contribution is 0.310. The van der Waals surface area contributed by atoms with Gasteiger partial charge in [-0.15, -0.1) is 0 Å². The Labute approximate surface area is 170 Å². The number of benzene rings is 2. The SMILES string of the molecule is CNS(=O)(=O)c1ccc(-c2ccc(CNCCOc3ccc(OC)cc3)o2)cc1. The summed E-state index contributed by atoms with van der Waals surface area (Å²) in [5.74, 6) is 3.06. The minimum Gasteiger partial charge on any atom is -0.497 e. The van der Waals surface area contributed by atoms with Crippen LogP contribution in [-0.4, -0.2) is 35.7 Å². The molecule has 1 aromatic heterocycles. The van der Waals surface area contributed by atoms with E-state index in [1.807, 2.05) is 36.4 Å². The van der Waals surface area contributed by atoms with Crippen LogP contribution >= 0.6 is 0 Å². The first-order valence-electron chi connectivity index (χ1n) is 9.12. The third-order valence-electron chi connectivity index (χ3n) is 4.29. The van der Waals surface area contributed by atoms with Crippen LogP contribution in [0.5, 0.6) is 11.5 Å². The summed E-state index contributed by atoms with van der Waals surface area (Å²) in [6.07, 6.45) is 0. The third kappa shape index (κ3) is 5.60. The summed E-state index contributed by atoms with van der Waals surface area (Å²) in [6.45, 7) is 1.76. The molecule has 0 saturated heterocycles. The van der Waals surface area contributed by atoms with Crippen molar-refractivity contribution in [2.45, 2.75) is 11.4 Å². The topological polar surface area (TPSA) is 89.8 Å². The molecule has 0 aliphatic rings. The third-order valence-corrected chi connectivity index (χ3v) is 5.72. The van der Waals surface area contributed by atoms with Gasteiger partial charge in [0.25, 0.3) is 0 Å². The van der Waals surface area contributed by atoms with Crippen molar-refractivity contribution in [3.05, 3.63) is 66.4 Å². The Balaban J connectivity index is 1.46. The second kappa shape index (κ2) is 9.60. The number of sulfonamides is 1. The standard InChI is InChI=1S/C21H24N2O5S/c1-22-29(24,25)20-10-3-16(4-11-20)21-12-9-19(28-21)15-23-13-14-27-18-7-5-17(26-2)6-8-18/h3-12,22-23H,13-15H2,1-2H3. The summed E-state index contributed by atoms with van der Waals surface area (Å²) < 4.78 is 42.5. The number of rotatable bonds is 10. The molecule has 0 aliphatic heterocycles. The van der Waals surface area contributed by atoms with E-state index in [0.717, 1.165) is 22.8 Å². The second-order valence-electron chi connectivity index (χ2n) is 6.20. The van der Waals surface area contributed by atoms with Gasteiger partial charge in [0.05, 0.1) is 18.6 Å². The minimum atomic E-state index is -3.44. The Morgan fingerprint density at radius 2 is 1.62 bits per heavy atom. The molecule has 154 valence electrons. The Hall–Kier alpha value is -2.81. The quantitative estimate of drug-likeness (QED) is 0.494. The van der Waals surface area contributed by atoms with Gasteiger partial charge in [0, 0.05) is 12.1 Å². The lowest BCUT2D eigenvalue weighted by Gasteiger charge is -2.07. The maximum Gasteiger partial charge on any atom is 0.240 e. The van der Waals surface area contributed by atoms with Gasteiger partial charge in [0.15, 0.2) is 0 Å². The van der Waals surface area contributed by atoms with Gasteiger partial charge in [-0.3, -0.25) is 0 Å². The van der Waals surface area contributed by atoms with E-state index < -0.39 is 10.0 Å². The lowest BCUT2D eigenvalue weighted by atomic mass is 10.2. The van der Waals surface area contributed by atoms with E-state index in [0.29, 0.717) is 25.5 Å². The number of nitrogens with one attached hydrogen (secondary N) is 2. The second-order valence-corrected chi connectivity index (χ2v) is 8.09. The van der Waals surface area contributed by atoms with E-state index >= 15 is 0 Å². The summed E-state index contributed by atoms with van der Waals surface area (Å²) in [5, 5.41) is 3.26. The molecule has 0 saturated carbocycles. The van der Waals surface area contributed by atoms with Crippen molar-refractivity contribution in [3.8, 4) is 22.8 Å². The van der Waals surface area contributed by atoms with Gasteiger partial charge in [-0.1, -0.05) is 0 Å². The van der Waals surface area contributed by atoms with Gasteiger partial charge < -0.3 is 19.2 Å². The molecule has 0 radical (unpaired) electrons. The van der Waals surface area contributed by atoms with Crippen LogP contribution in [-0.2, 0) is 16.6 Å². The molecular formula is C21H24N2O5S. The van der Waals surface area contributed by atoms with Gasteiger partial charge in [-0.05, 0) is 67.7 Å². The average Bonchev–Trinajstić information content (AvgIpc) is 3.23. The molecule has 29 heavy (non-hydrogen) atoms. The van der Waals surface area contributed by atoms with Gasteiger partial charge in [-0.25, -0.2) is 13.1 Å². The first-order valence-corrected chi connectivity index (χ1v) is 10.6. The van der Waals surface area contributed by atoms with Crippen LogP contribution in [0.3, 0.4) is 0 Å². The molecule has 2 N–H and O–H groups in total. The van der Waals surface area contributed by atoms with Crippen molar-refractivity contribution in [2.75, 3.05) is 27.3 Å². The van der Waals surface area contributed by atoms with Crippen LogP contribution < -0.4 is 19.5 Å². The summed E-state index contributed by atoms with van der Waals surface area (Å²) in [6, 6.07) is 17.8. The zero-order valence-electron chi connectivity index (χ0n) is 16.3. The maximum atomic E-state index is 11.8. The highest BCUT2D eigenvalue weighted by Gasteiger charge is 2.12. The van der Waals surface area contributed by atoms with Crippen molar-refractivity contribution in [1.29, 1.82) is 0 Å². The van der Waals surface area contributed by atoms with Crippen molar-refractivity contribution in [3.63, 3.8) is 0 Å². The molecule has 0 bridgehead atoms. The molecule has 0 amide bonds. The number of ether oxygens (including phenoxy) is 2.